The van der Waals surface area contributed by atoms with Gasteiger partial charge in [0.15, 0.2) is 0 Å². The Hall–Kier alpha value is -3.04. The number of aromatic hydroxyl groups is 1. The van der Waals surface area contributed by atoms with E-state index in [1.807, 2.05) is 74.5 Å². The zero-order valence-electron chi connectivity index (χ0n) is 15.8. The van der Waals surface area contributed by atoms with Crippen LogP contribution in [0, 0.1) is 13.8 Å². The number of fused-ring (bicyclic) bond motifs is 1. The van der Waals surface area contributed by atoms with Gasteiger partial charge >= 0.3 is 0 Å². The Morgan fingerprint density at radius 1 is 0.929 bits per heavy atom. The fraction of sp³-hybridized carbons (Fsp3) is 0.125. The monoisotopic (exact) mass is 388 g/mol. The fourth-order valence-electron chi connectivity index (χ4n) is 3.45. The summed E-state index contributed by atoms with van der Waals surface area (Å²) in [7, 11) is 0. The van der Waals surface area contributed by atoms with Crippen molar-refractivity contribution in [2.24, 2.45) is 0 Å². The minimum atomic E-state index is -0.229. The van der Waals surface area contributed by atoms with Crippen LogP contribution in [0.25, 0.3) is 10.9 Å². The summed E-state index contributed by atoms with van der Waals surface area (Å²) >= 11 is 6.12. The van der Waals surface area contributed by atoms with E-state index in [1.54, 1.807) is 0 Å². The molecular weight excluding hydrogens is 368 g/mol. The lowest BCUT2D eigenvalue weighted by Crippen LogP contribution is -2.13. The topological polar surface area (TPSA) is 45.1 Å². The minimum absolute atomic E-state index is 0.203. The third-order valence-electron chi connectivity index (χ3n) is 4.94. The van der Waals surface area contributed by atoms with Crippen molar-refractivity contribution >= 4 is 28.2 Å². The molecule has 0 fully saturated rings. The Morgan fingerprint density at radius 3 is 2.43 bits per heavy atom. The van der Waals surface area contributed by atoms with Gasteiger partial charge in [-0.1, -0.05) is 60.1 Å². The predicted molar refractivity (Wildman–Crippen MR) is 116 cm³/mol. The van der Waals surface area contributed by atoms with Crippen molar-refractivity contribution in [3.8, 4) is 5.75 Å². The van der Waals surface area contributed by atoms with Crippen molar-refractivity contribution in [1.29, 1.82) is 0 Å². The molecule has 1 atom stereocenters. The molecule has 4 aromatic rings. The van der Waals surface area contributed by atoms with E-state index in [2.05, 4.69) is 22.4 Å². The van der Waals surface area contributed by atoms with E-state index < -0.39 is 0 Å². The Labute approximate surface area is 169 Å². The third-order valence-corrected chi connectivity index (χ3v) is 5.17. The molecule has 1 heterocycles. The maximum atomic E-state index is 11.1. The zero-order chi connectivity index (χ0) is 19.7. The number of hydrogen-bond donors (Lipinski definition) is 2. The Balaban J connectivity index is 1.86. The maximum Gasteiger partial charge on any atom is 0.147 e. The first-order valence-electron chi connectivity index (χ1n) is 9.20. The van der Waals surface area contributed by atoms with Crippen LogP contribution in [0.1, 0.15) is 28.4 Å². The Morgan fingerprint density at radius 2 is 1.68 bits per heavy atom. The van der Waals surface area contributed by atoms with Gasteiger partial charge in [-0.25, -0.2) is 4.98 Å². The highest BCUT2D eigenvalue weighted by atomic mass is 35.5. The van der Waals surface area contributed by atoms with Crippen LogP contribution in [0.3, 0.4) is 0 Å². The van der Waals surface area contributed by atoms with E-state index in [9.17, 15) is 5.11 Å². The van der Waals surface area contributed by atoms with Gasteiger partial charge in [0.2, 0.25) is 0 Å². The van der Waals surface area contributed by atoms with Crippen molar-refractivity contribution < 1.29 is 5.11 Å². The second-order valence-corrected chi connectivity index (χ2v) is 7.41. The molecule has 0 aliphatic rings. The largest absolute Gasteiger partial charge is 0.505 e. The summed E-state index contributed by atoms with van der Waals surface area (Å²) < 4.78 is 0. The molecule has 0 saturated heterocycles. The number of anilines is 1. The normalized spacial score (nSPS) is 12.1. The number of nitrogens with zero attached hydrogens (tertiary/aromatic N) is 1. The van der Waals surface area contributed by atoms with Crippen LogP contribution in [-0.2, 0) is 0 Å². The summed E-state index contributed by atoms with van der Waals surface area (Å²) in [4.78, 5) is 4.55. The number of halogens is 1. The van der Waals surface area contributed by atoms with Crippen LogP contribution in [-0.4, -0.2) is 10.1 Å². The van der Waals surface area contributed by atoms with E-state index in [0.717, 1.165) is 33.5 Å². The number of aromatic nitrogens is 1. The van der Waals surface area contributed by atoms with Gasteiger partial charge in [0.05, 0.1) is 6.04 Å². The fourth-order valence-corrected chi connectivity index (χ4v) is 3.68. The highest BCUT2D eigenvalue weighted by Gasteiger charge is 2.20. The van der Waals surface area contributed by atoms with Gasteiger partial charge in [-0.3, -0.25) is 0 Å². The van der Waals surface area contributed by atoms with Gasteiger partial charge in [0, 0.05) is 27.4 Å². The molecule has 3 nitrogen and oxygen atoms in total. The SMILES string of the molecule is Cc1ccc2ccc(C(Nc3ccc(Cl)cc3C)c3ccccc3)c(O)c2n1. The lowest BCUT2D eigenvalue weighted by molar-refractivity contribution is 0.471. The molecule has 0 amide bonds. The summed E-state index contributed by atoms with van der Waals surface area (Å²) in [6.45, 7) is 3.94. The molecule has 4 rings (SSSR count). The van der Waals surface area contributed by atoms with Gasteiger partial charge in [-0.15, -0.1) is 0 Å². The molecule has 140 valence electrons. The van der Waals surface area contributed by atoms with E-state index in [1.165, 1.54) is 0 Å². The summed E-state index contributed by atoms with van der Waals surface area (Å²) in [6, 6.07) is 23.5. The molecular formula is C24H21ClN2O. The number of phenols is 1. The number of phenolic OH excluding ortho intramolecular Hbond substituents is 1. The summed E-state index contributed by atoms with van der Waals surface area (Å²) in [5.41, 5.74) is 5.34. The average Bonchev–Trinajstić information content (AvgIpc) is 2.69. The van der Waals surface area contributed by atoms with E-state index in [0.29, 0.717) is 10.5 Å². The third kappa shape index (κ3) is 3.54. The quantitative estimate of drug-likeness (QED) is 0.424. The summed E-state index contributed by atoms with van der Waals surface area (Å²) in [6.07, 6.45) is 0. The molecule has 0 radical (unpaired) electrons. The number of hydrogen-bond acceptors (Lipinski definition) is 3. The smallest absolute Gasteiger partial charge is 0.147 e. The molecule has 1 aromatic heterocycles. The van der Waals surface area contributed by atoms with Crippen LogP contribution in [0.15, 0.2) is 72.8 Å². The number of pyridine rings is 1. The Bertz CT molecular complexity index is 1140. The van der Waals surface area contributed by atoms with Crippen LogP contribution >= 0.6 is 11.6 Å². The second kappa shape index (κ2) is 7.53. The summed E-state index contributed by atoms with van der Waals surface area (Å²) in [5, 5.41) is 16.3. The first-order chi connectivity index (χ1) is 13.5. The molecule has 0 aliphatic carbocycles. The average molecular weight is 389 g/mol. The number of aryl methyl sites for hydroxylation is 2. The molecule has 2 N–H and O–H groups in total. The lowest BCUT2D eigenvalue weighted by atomic mass is 9.95. The molecule has 4 heteroatoms. The maximum absolute atomic E-state index is 11.1. The van der Waals surface area contributed by atoms with Crippen LogP contribution in [0.2, 0.25) is 5.02 Å². The van der Waals surface area contributed by atoms with Crippen molar-refractivity contribution in [3.63, 3.8) is 0 Å². The molecule has 0 saturated carbocycles. The molecule has 0 aliphatic heterocycles. The van der Waals surface area contributed by atoms with Crippen molar-refractivity contribution in [2.75, 3.05) is 5.32 Å². The van der Waals surface area contributed by atoms with Crippen molar-refractivity contribution in [2.45, 2.75) is 19.9 Å². The summed E-state index contributed by atoms with van der Waals surface area (Å²) in [5.74, 6) is 0.203. The number of rotatable bonds is 4. The number of benzene rings is 3. The van der Waals surface area contributed by atoms with Gasteiger partial charge in [0.1, 0.15) is 11.3 Å². The van der Waals surface area contributed by atoms with Crippen LogP contribution in [0.5, 0.6) is 5.75 Å². The van der Waals surface area contributed by atoms with Crippen LogP contribution < -0.4 is 5.32 Å². The van der Waals surface area contributed by atoms with Crippen molar-refractivity contribution in [3.05, 3.63) is 100 Å². The first-order valence-corrected chi connectivity index (χ1v) is 9.57. The standard InChI is InChI=1S/C24H21ClN2O/c1-15-14-19(25)11-13-21(15)27-22(17-6-4-3-5-7-17)20-12-10-18-9-8-16(2)26-23(18)24(20)28/h3-14,22,27-28H,1-2H3. The lowest BCUT2D eigenvalue weighted by Gasteiger charge is -2.23. The second-order valence-electron chi connectivity index (χ2n) is 6.98. The molecule has 0 bridgehead atoms. The molecule has 28 heavy (non-hydrogen) atoms. The van der Waals surface area contributed by atoms with Gasteiger partial charge in [-0.05, 0) is 49.2 Å². The van der Waals surface area contributed by atoms with Gasteiger partial charge in [-0.2, -0.15) is 0 Å². The Kier molecular flexibility index (Phi) is 4.93. The molecule has 1 unspecified atom stereocenters. The molecule has 0 spiro atoms. The highest BCUT2D eigenvalue weighted by Crippen LogP contribution is 2.37. The number of nitrogens with one attached hydrogen (secondary N) is 1. The first kappa shape index (κ1) is 18.3. The predicted octanol–water partition coefficient (Wildman–Crippen LogP) is 6.41. The van der Waals surface area contributed by atoms with E-state index in [4.69, 9.17) is 11.6 Å². The minimum Gasteiger partial charge on any atom is -0.505 e. The van der Waals surface area contributed by atoms with Gasteiger partial charge < -0.3 is 10.4 Å². The van der Waals surface area contributed by atoms with Crippen molar-refractivity contribution in [1.82, 2.24) is 4.98 Å². The van der Waals surface area contributed by atoms with E-state index >= 15 is 0 Å². The zero-order valence-corrected chi connectivity index (χ0v) is 16.5. The van der Waals surface area contributed by atoms with Crippen LogP contribution in [0.4, 0.5) is 5.69 Å². The molecule has 3 aromatic carbocycles. The van der Waals surface area contributed by atoms with E-state index in [-0.39, 0.29) is 11.8 Å². The van der Waals surface area contributed by atoms with Gasteiger partial charge in [0.25, 0.3) is 0 Å². The highest BCUT2D eigenvalue weighted by molar-refractivity contribution is 6.30.